The Kier molecular flexibility index (Phi) is 63.3. The molecule has 0 amide bonds. The van der Waals surface area contributed by atoms with Crippen LogP contribution in [0.5, 0.6) is 0 Å². The van der Waals surface area contributed by atoms with Crippen LogP contribution in [0.1, 0.15) is 222 Å². The van der Waals surface area contributed by atoms with Gasteiger partial charge in [-0.3, -0.25) is 40.1 Å². The molecule has 0 saturated carbocycles. The van der Waals surface area contributed by atoms with Gasteiger partial charge in [0.1, 0.15) is 35.0 Å². The summed E-state index contributed by atoms with van der Waals surface area (Å²) in [6.07, 6.45) is 4.80. The molecule has 0 N–H and O–H groups in total. The molecule has 12 aliphatic heterocycles. The van der Waals surface area contributed by atoms with Gasteiger partial charge in [0, 0.05) is 366 Å². The number of allylic oxidation sites excluding steroid dienone is 18. The Morgan fingerprint density at radius 1 is 0.212 bits per heavy atom. The fourth-order valence-corrected chi connectivity index (χ4v) is 8.57. The van der Waals surface area contributed by atoms with Gasteiger partial charge in [-0.2, -0.15) is 26.3 Å². The molecule has 0 saturated heterocycles. The van der Waals surface area contributed by atoms with E-state index in [0.29, 0.717) is 109 Å². The number of hydrogen-bond acceptors (Lipinski definition) is 14. The minimum absolute atomic E-state index is 0. The second-order valence-corrected chi connectivity index (χ2v) is 23.8. The molecule has 15 nitrogen and oxygen atoms in total. The van der Waals surface area contributed by atoms with E-state index in [9.17, 15) is 71.6 Å². The summed E-state index contributed by atoms with van der Waals surface area (Å²) in [4.78, 5) is 53.1. The Morgan fingerprint density at radius 2 is 0.356 bits per heavy atom. The van der Waals surface area contributed by atoms with Crippen molar-refractivity contribution in [2.75, 3.05) is 0 Å². The molecule has 12 rings (SSSR count). The number of nitrogens with zero attached hydrogens (tertiary/aromatic N) is 13. The SMILES string of the molecule is CC1=NC(C)=C(F)C1.CC1=NC(C)=C(F)C1.CC1=NC(C)=C(F)C1.CC1=NC(C)=C(F)C1.CC1=NC(C)=C(F)C1.CC1=NC(C)=C(F)C1.CC1=NC(F)=C(C)C1.CC1=NC(F)=C(C)C1.CC1=NC(F)=C(C)C1.CC1=NC(F)=C(F)C1.CC1=NC(F)=C(F)C1.CC1=NC(F)=C([N+](=O)[O-])C1.[Ar].[Ar].[Ar].[Ar].[Ar].[Ar]. The van der Waals surface area contributed by atoms with Gasteiger partial charge in [0.05, 0.1) is 45.5 Å². The van der Waals surface area contributed by atoms with Crippen LogP contribution in [0.4, 0.5) is 61.5 Å². The van der Waals surface area contributed by atoms with Crippen LogP contribution in [0, 0.1) is 237 Å². The average Bonchev–Trinajstić information content (AvgIpc) is 1.73. The van der Waals surface area contributed by atoms with Gasteiger partial charge >= 0.3 is 5.70 Å². The molecule has 35 heteroatoms. The smallest absolute Gasteiger partial charge is 0.260 e. The average molecular weight is 1640 g/mol. The molecule has 0 aromatic carbocycles. The zero-order valence-corrected chi connectivity index (χ0v) is 65.8. The first-order valence-electron chi connectivity index (χ1n) is 30.6. The van der Waals surface area contributed by atoms with E-state index in [-0.39, 0.29) is 299 Å². The van der Waals surface area contributed by atoms with E-state index in [1.807, 2.05) is 62.3 Å². The molecule has 0 aliphatic carbocycles. The first-order valence-corrected chi connectivity index (χ1v) is 30.6. The molecule has 0 atom stereocenters. The van der Waals surface area contributed by atoms with Gasteiger partial charge in [-0.05, 0) is 162 Å². The minimum atomic E-state index is -0.956. The molecular formula is C69H87Ar6F14N13O2. The maximum Gasteiger partial charge on any atom is 0.306 e. The van der Waals surface area contributed by atoms with Crippen molar-refractivity contribution in [2.24, 2.45) is 59.9 Å². The largest absolute Gasteiger partial charge is 0.306 e. The van der Waals surface area contributed by atoms with Crippen LogP contribution in [0.15, 0.2) is 199 Å². The van der Waals surface area contributed by atoms with Crippen LogP contribution < -0.4 is 0 Å². The van der Waals surface area contributed by atoms with Gasteiger partial charge in [-0.1, -0.05) is 0 Å². The van der Waals surface area contributed by atoms with Gasteiger partial charge < -0.3 is 0 Å². The van der Waals surface area contributed by atoms with Crippen LogP contribution in [-0.2, 0) is 0 Å². The maximum atomic E-state index is 12.3. The van der Waals surface area contributed by atoms with Crippen molar-refractivity contribution in [1.82, 2.24) is 0 Å². The Morgan fingerprint density at radius 3 is 0.404 bits per heavy atom. The first-order chi connectivity index (χ1) is 45.3. The Hall–Kier alpha value is -1.10. The van der Waals surface area contributed by atoms with E-state index in [1.54, 1.807) is 83.1 Å². The molecule has 586 valence electrons. The third kappa shape index (κ3) is 46.7. The molecule has 12 heterocycles. The minimum Gasteiger partial charge on any atom is -0.260 e. The zero-order valence-electron chi connectivity index (χ0n) is 61.5. The summed E-state index contributed by atoms with van der Waals surface area (Å²) >= 11 is 0. The van der Waals surface area contributed by atoms with E-state index in [4.69, 9.17) is 0 Å². The fourth-order valence-electron chi connectivity index (χ4n) is 8.57. The Balaban J connectivity index is -0.000000251. The number of hydrogen-bond donors (Lipinski definition) is 0. The predicted molar refractivity (Wildman–Crippen MR) is 371 cm³/mol. The molecule has 12 aliphatic rings. The van der Waals surface area contributed by atoms with Gasteiger partial charge in [-0.15, -0.1) is 0 Å². The fraction of sp³-hybridized carbons (Fsp3) is 0.478. The molecule has 0 unspecified atom stereocenters. The molecule has 0 bridgehead atoms. The van der Waals surface area contributed by atoms with Gasteiger partial charge in [0.2, 0.25) is 29.8 Å². The van der Waals surface area contributed by atoms with Gasteiger partial charge in [0.25, 0.3) is 5.95 Å². The second kappa shape index (κ2) is 57.9. The van der Waals surface area contributed by atoms with Crippen molar-refractivity contribution in [3.63, 3.8) is 0 Å². The van der Waals surface area contributed by atoms with Crippen LogP contribution in [0.25, 0.3) is 0 Å². The molecule has 0 aromatic heterocycles. The van der Waals surface area contributed by atoms with E-state index in [1.165, 1.54) is 0 Å². The first kappa shape index (κ1) is 114. The van der Waals surface area contributed by atoms with Crippen molar-refractivity contribution in [3.05, 3.63) is 149 Å². The topological polar surface area (TPSA) is 191 Å². The number of rotatable bonds is 1. The summed E-state index contributed by atoms with van der Waals surface area (Å²) in [6, 6.07) is 0. The molecule has 0 radical (unpaired) electrons. The van der Waals surface area contributed by atoms with Crippen LogP contribution in [0.2, 0.25) is 0 Å². The van der Waals surface area contributed by atoms with Crippen molar-refractivity contribution in [2.45, 2.75) is 222 Å². The van der Waals surface area contributed by atoms with Crippen LogP contribution >= 0.6 is 0 Å². The number of halogens is 14. The number of aliphatic imine (C=N–C) groups is 12. The standard InChI is InChI=1S/9C6H8FN.2C5H5F2N.C5H5FN2O2.6Ar/c6*1-4-3-6(7)5(2)8-4;3*1-4-3-5(2)8-6(4)7;2*1-3-2-4(6)5(7)8-3;1-3-2-4(8(9)10)5(6)7-3;;;;;;/h9*3H2,1-2H3;2*2H2,1H3;2H2,1H3;;;;;;. The molecule has 0 fully saturated rings. The van der Waals surface area contributed by atoms with E-state index >= 15 is 0 Å². The quantitative estimate of drug-likeness (QED) is 0.109. The summed E-state index contributed by atoms with van der Waals surface area (Å²) in [5.74, 6) is -5.72. The van der Waals surface area contributed by atoms with Crippen molar-refractivity contribution < 1.29 is 293 Å². The summed E-state index contributed by atoms with van der Waals surface area (Å²) in [5, 5.41) is 9.99. The third-order valence-corrected chi connectivity index (χ3v) is 13.5. The number of nitro groups is 1. The Labute approximate surface area is 781 Å². The van der Waals surface area contributed by atoms with E-state index < -0.39 is 40.1 Å². The van der Waals surface area contributed by atoms with Crippen molar-refractivity contribution >= 4 is 68.5 Å². The summed E-state index contributed by atoms with van der Waals surface area (Å²) in [7, 11) is 0. The van der Waals surface area contributed by atoms with Crippen LogP contribution in [0.3, 0.4) is 0 Å². The van der Waals surface area contributed by atoms with Crippen molar-refractivity contribution in [3.8, 4) is 0 Å². The third-order valence-electron chi connectivity index (χ3n) is 13.5. The predicted octanol–water partition coefficient (Wildman–Crippen LogP) is 23.7. The summed E-state index contributed by atoms with van der Waals surface area (Å²) < 4.78 is 171. The van der Waals surface area contributed by atoms with Gasteiger partial charge in [0.15, 0.2) is 11.7 Å². The molecule has 104 heavy (non-hydrogen) atoms. The van der Waals surface area contributed by atoms with Crippen LogP contribution in [-0.4, -0.2) is 73.5 Å². The summed E-state index contributed by atoms with van der Waals surface area (Å²) in [5.41, 5.74) is 14.4. The second-order valence-electron chi connectivity index (χ2n) is 23.8. The van der Waals surface area contributed by atoms with Gasteiger partial charge in [-0.25, -0.2) is 65.1 Å². The Bertz CT molecular complexity index is 3130. The monoisotopic (exact) mass is 1640 g/mol. The molecular weight excluding hydrogens is 1550 g/mol. The van der Waals surface area contributed by atoms with E-state index in [2.05, 4.69) is 59.9 Å². The van der Waals surface area contributed by atoms with Crippen molar-refractivity contribution in [1.29, 1.82) is 0 Å². The zero-order chi connectivity index (χ0) is 75.3. The normalized spacial score (nSPS) is 18.3. The van der Waals surface area contributed by atoms with E-state index in [0.717, 1.165) is 68.1 Å². The maximum absolute atomic E-state index is 12.3. The molecule has 0 aromatic rings. The summed E-state index contributed by atoms with van der Waals surface area (Å²) in [6.45, 7) is 36.6. The molecule has 0 spiro atoms.